The Balaban J connectivity index is 2.02. The van der Waals surface area contributed by atoms with Crippen molar-refractivity contribution in [1.29, 1.82) is 0 Å². The summed E-state index contributed by atoms with van der Waals surface area (Å²) in [4.78, 5) is 0. The molecular formula is C7H13ClSi. The average Bonchev–Trinajstić information content (AvgIpc) is 2.60. The van der Waals surface area contributed by atoms with Gasteiger partial charge in [-0.1, -0.05) is 25.7 Å². The molecule has 1 aliphatic carbocycles. The van der Waals surface area contributed by atoms with Crippen molar-refractivity contribution in [3.05, 3.63) is 0 Å². The number of hydrogen-bond donors (Lipinski definition) is 0. The Morgan fingerprint density at radius 3 is 2.11 bits per heavy atom. The Hall–Kier alpha value is 0.507. The summed E-state index contributed by atoms with van der Waals surface area (Å²) < 4.78 is 0. The molecule has 0 aromatic carbocycles. The molecule has 1 saturated carbocycles. The second-order valence-electron chi connectivity index (χ2n) is 3.52. The van der Waals surface area contributed by atoms with Crippen molar-refractivity contribution in [2.45, 2.75) is 43.3 Å². The van der Waals surface area contributed by atoms with Gasteiger partial charge >= 0.3 is 0 Å². The summed E-state index contributed by atoms with van der Waals surface area (Å²) in [6.45, 7) is 0. The van der Waals surface area contributed by atoms with Crippen LogP contribution in [0.1, 0.15) is 25.7 Å². The van der Waals surface area contributed by atoms with Gasteiger partial charge in [0.1, 0.15) is 0 Å². The van der Waals surface area contributed by atoms with E-state index in [4.69, 9.17) is 11.1 Å². The van der Waals surface area contributed by atoms with E-state index in [1.165, 1.54) is 37.8 Å². The summed E-state index contributed by atoms with van der Waals surface area (Å²) in [6.07, 6.45) is 5.81. The Kier molecular flexibility index (Phi) is 1.38. The van der Waals surface area contributed by atoms with Gasteiger partial charge in [-0.25, -0.2) is 0 Å². The monoisotopic (exact) mass is 160 g/mol. The molecule has 0 amide bonds. The highest BCUT2D eigenvalue weighted by Crippen LogP contribution is 2.54. The quantitative estimate of drug-likeness (QED) is 0.409. The van der Waals surface area contributed by atoms with Crippen molar-refractivity contribution in [3.63, 3.8) is 0 Å². The zero-order valence-corrected chi connectivity index (χ0v) is 7.45. The minimum Gasteiger partial charge on any atom is -0.167 e. The highest BCUT2D eigenvalue weighted by Gasteiger charge is 2.47. The first-order chi connectivity index (χ1) is 4.31. The van der Waals surface area contributed by atoms with Gasteiger partial charge in [0.15, 0.2) is 7.38 Å². The second kappa shape index (κ2) is 1.99. The van der Waals surface area contributed by atoms with Crippen LogP contribution in [0, 0.1) is 0 Å². The third-order valence-electron chi connectivity index (χ3n) is 2.74. The maximum Gasteiger partial charge on any atom is 0.159 e. The van der Waals surface area contributed by atoms with E-state index < -0.39 is 7.38 Å². The molecule has 1 saturated heterocycles. The molecule has 0 unspecified atom stereocenters. The first-order valence-electron chi connectivity index (χ1n) is 4.00. The largest absolute Gasteiger partial charge is 0.167 e. The Bertz CT molecular complexity index is 114. The molecule has 0 radical (unpaired) electrons. The minimum absolute atomic E-state index is 1.04. The smallest absolute Gasteiger partial charge is 0.159 e. The van der Waals surface area contributed by atoms with Crippen LogP contribution in [-0.4, -0.2) is 7.38 Å². The van der Waals surface area contributed by atoms with E-state index in [2.05, 4.69) is 0 Å². The summed E-state index contributed by atoms with van der Waals surface area (Å²) in [7, 11) is -1.08. The molecule has 0 N–H and O–H groups in total. The van der Waals surface area contributed by atoms with Crippen LogP contribution in [0.2, 0.25) is 17.6 Å². The van der Waals surface area contributed by atoms with Gasteiger partial charge in [-0.3, -0.25) is 0 Å². The van der Waals surface area contributed by atoms with Crippen LogP contribution in [0.5, 0.6) is 0 Å². The number of halogens is 1. The van der Waals surface area contributed by atoms with Crippen LogP contribution in [0.3, 0.4) is 0 Å². The van der Waals surface area contributed by atoms with Gasteiger partial charge in [-0.2, -0.15) is 11.1 Å². The van der Waals surface area contributed by atoms with Crippen LogP contribution < -0.4 is 0 Å². The molecule has 2 heteroatoms. The van der Waals surface area contributed by atoms with Crippen LogP contribution in [0.4, 0.5) is 0 Å². The Morgan fingerprint density at radius 2 is 1.67 bits per heavy atom. The lowest BCUT2D eigenvalue weighted by Crippen LogP contribution is -2.21. The minimum atomic E-state index is -1.08. The molecule has 2 aliphatic rings. The van der Waals surface area contributed by atoms with Crippen LogP contribution >= 0.6 is 11.1 Å². The normalized spacial score (nSPS) is 33.0. The Labute approximate surface area is 62.3 Å². The predicted octanol–water partition coefficient (Wildman–Crippen LogP) is 3.13. The number of hydrogen-bond acceptors (Lipinski definition) is 0. The van der Waals surface area contributed by atoms with E-state index in [1.807, 2.05) is 0 Å². The maximum absolute atomic E-state index is 6.51. The molecule has 1 aliphatic heterocycles. The second-order valence-corrected chi connectivity index (χ2v) is 9.66. The summed E-state index contributed by atoms with van der Waals surface area (Å²) in [5, 5.41) is 0. The SMILES string of the molecule is Cl[Si]1(C2CC2)CCCC1. The van der Waals surface area contributed by atoms with E-state index in [9.17, 15) is 0 Å². The first-order valence-corrected chi connectivity index (χ1v) is 7.50. The lowest BCUT2D eigenvalue weighted by Gasteiger charge is -2.15. The molecule has 0 spiro atoms. The molecule has 0 atom stereocenters. The van der Waals surface area contributed by atoms with Crippen molar-refractivity contribution in [2.24, 2.45) is 0 Å². The topological polar surface area (TPSA) is 0 Å². The van der Waals surface area contributed by atoms with Crippen molar-refractivity contribution in [2.75, 3.05) is 0 Å². The molecule has 9 heavy (non-hydrogen) atoms. The van der Waals surface area contributed by atoms with E-state index in [0.29, 0.717) is 0 Å². The molecule has 52 valence electrons. The van der Waals surface area contributed by atoms with Crippen molar-refractivity contribution < 1.29 is 0 Å². The maximum atomic E-state index is 6.51. The van der Waals surface area contributed by atoms with Gasteiger partial charge in [-0.05, 0) is 17.6 Å². The first kappa shape index (κ1) is 6.23. The van der Waals surface area contributed by atoms with Gasteiger partial charge in [0.25, 0.3) is 0 Å². The highest BCUT2D eigenvalue weighted by atomic mass is 35.6. The highest BCUT2D eigenvalue weighted by molar-refractivity contribution is 7.21. The van der Waals surface area contributed by atoms with Gasteiger partial charge in [0.2, 0.25) is 0 Å². The van der Waals surface area contributed by atoms with E-state index in [0.717, 1.165) is 5.54 Å². The van der Waals surface area contributed by atoms with Crippen molar-refractivity contribution >= 4 is 18.5 Å². The van der Waals surface area contributed by atoms with E-state index >= 15 is 0 Å². The van der Waals surface area contributed by atoms with Gasteiger partial charge in [0, 0.05) is 0 Å². The van der Waals surface area contributed by atoms with Gasteiger partial charge < -0.3 is 0 Å². The van der Waals surface area contributed by atoms with Crippen molar-refractivity contribution in [1.82, 2.24) is 0 Å². The summed E-state index contributed by atoms with van der Waals surface area (Å²) in [6, 6.07) is 2.86. The summed E-state index contributed by atoms with van der Waals surface area (Å²) in [5.41, 5.74) is 1.04. The third kappa shape index (κ3) is 1.05. The van der Waals surface area contributed by atoms with Crippen LogP contribution in [-0.2, 0) is 0 Å². The lowest BCUT2D eigenvalue weighted by atomic mass is 10.4. The van der Waals surface area contributed by atoms with Gasteiger partial charge in [0.05, 0.1) is 0 Å². The average molecular weight is 161 g/mol. The van der Waals surface area contributed by atoms with Crippen LogP contribution in [0.25, 0.3) is 0 Å². The molecule has 2 rings (SSSR count). The molecule has 0 bridgehead atoms. The third-order valence-corrected chi connectivity index (χ3v) is 9.21. The molecule has 1 heterocycles. The molecular weight excluding hydrogens is 148 g/mol. The lowest BCUT2D eigenvalue weighted by molar-refractivity contribution is 0.935. The van der Waals surface area contributed by atoms with E-state index in [1.54, 1.807) is 0 Å². The fourth-order valence-corrected chi connectivity index (χ4v) is 7.37. The predicted molar refractivity (Wildman–Crippen MR) is 43.4 cm³/mol. The molecule has 2 fully saturated rings. The van der Waals surface area contributed by atoms with Crippen molar-refractivity contribution in [3.8, 4) is 0 Å². The number of rotatable bonds is 1. The fraction of sp³-hybridized carbons (Fsp3) is 1.00. The zero-order chi connectivity index (χ0) is 6.32. The van der Waals surface area contributed by atoms with Crippen LogP contribution in [0.15, 0.2) is 0 Å². The summed E-state index contributed by atoms with van der Waals surface area (Å²) >= 11 is 6.51. The standard InChI is InChI=1S/C7H13ClSi/c8-9(7-3-4-7)5-1-2-6-9/h7H,1-6H2. The zero-order valence-electron chi connectivity index (χ0n) is 5.70. The van der Waals surface area contributed by atoms with Gasteiger partial charge in [-0.15, -0.1) is 0 Å². The molecule has 0 aromatic rings. The molecule has 0 nitrogen and oxygen atoms in total. The summed E-state index contributed by atoms with van der Waals surface area (Å²) in [5.74, 6) is 0. The Morgan fingerprint density at radius 1 is 1.11 bits per heavy atom. The molecule has 0 aromatic heterocycles. The fourth-order valence-electron chi connectivity index (χ4n) is 1.97. The van der Waals surface area contributed by atoms with E-state index in [-0.39, 0.29) is 0 Å².